The summed E-state index contributed by atoms with van der Waals surface area (Å²) in [4.78, 5) is 5.29. The first-order valence-corrected chi connectivity index (χ1v) is 7.83. The molecular weight excluding hydrogens is 232 g/mol. The highest BCUT2D eigenvalue weighted by atomic mass is 15.3. The van der Waals surface area contributed by atoms with Crippen molar-refractivity contribution in [3.63, 3.8) is 0 Å². The van der Waals surface area contributed by atoms with Crippen molar-refractivity contribution < 1.29 is 0 Å². The Bertz CT molecular complexity index is 342. The Balaban J connectivity index is 1.79. The first-order chi connectivity index (χ1) is 9.33. The van der Waals surface area contributed by atoms with Gasteiger partial charge in [0.25, 0.3) is 0 Å². The van der Waals surface area contributed by atoms with E-state index in [0.717, 1.165) is 12.6 Å². The third-order valence-corrected chi connectivity index (χ3v) is 4.27. The molecular formula is C17H28N2. The van der Waals surface area contributed by atoms with Crippen LogP contribution in [-0.2, 0) is 6.54 Å². The maximum absolute atomic E-state index is 2.70. The van der Waals surface area contributed by atoms with Gasteiger partial charge >= 0.3 is 0 Å². The maximum Gasteiger partial charge on any atom is 0.0234 e. The minimum atomic E-state index is 0.809. The molecule has 1 atom stereocenters. The van der Waals surface area contributed by atoms with Gasteiger partial charge in [0.1, 0.15) is 0 Å². The van der Waals surface area contributed by atoms with E-state index in [0.29, 0.717) is 0 Å². The van der Waals surface area contributed by atoms with Crippen LogP contribution in [-0.4, -0.2) is 42.0 Å². The second kappa shape index (κ2) is 7.66. The summed E-state index contributed by atoms with van der Waals surface area (Å²) in [5.74, 6) is 0. The smallest absolute Gasteiger partial charge is 0.0234 e. The van der Waals surface area contributed by atoms with E-state index in [1.165, 1.54) is 51.0 Å². The molecule has 2 rings (SSSR count). The van der Waals surface area contributed by atoms with Crippen molar-refractivity contribution in [2.24, 2.45) is 0 Å². The standard InChI is InChI=1S/C17H28N2/c1-3-8-17(4-2)19-13-11-18(12-14-19)15-16-9-6-5-7-10-16/h5-7,9-10,17H,3-4,8,11-15H2,1-2H3/t17-/m0/s1. The summed E-state index contributed by atoms with van der Waals surface area (Å²) in [5.41, 5.74) is 1.44. The van der Waals surface area contributed by atoms with E-state index in [1.807, 2.05) is 0 Å². The van der Waals surface area contributed by atoms with Gasteiger partial charge in [-0.15, -0.1) is 0 Å². The number of nitrogens with zero attached hydrogens (tertiary/aromatic N) is 2. The highest BCUT2D eigenvalue weighted by Gasteiger charge is 2.21. The third kappa shape index (κ3) is 4.32. The van der Waals surface area contributed by atoms with E-state index in [4.69, 9.17) is 0 Å². The second-order valence-electron chi connectivity index (χ2n) is 5.65. The van der Waals surface area contributed by atoms with Gasteiger partial charge in [-0.3, -0.25) is 9.80 Å². The molecule has 0 amide bonds. The minimum absolute atomic E-state index is 0.809. The maximum atomic E-state index is 2.70. The lowest BCUT2D eigenvalue weighted by molar-refractivity contribution is 0.0858. The molecule has 0 spiro atoms. The summed E-state index contributed by atoms with van der Waals surface area (Å²) < 4.78 is 0. The Morgan fingerprint density at radius 3 is 2.26 bits per heavy atom. The van der Waals surface area contributed by atoms with Crippen molar-refractivity contribution in [3.8, 4) is 0 Å². The molecule has 0 aliphatic carbocycles. The van der Waals surface area contributed by atoms with Crippen molar-refractivity contribution in [2.75, 3.05) is 26.2 Å². The fourth-order valence-electron chi connectivity index (χ4n) is 3.11. The normalized spacial score (nSPS) is 19.5. The molecule has 0 unspecified atom stereocenters. The number of piperazine rings is 1. The average molecular weight is 260 g/mol. The van der Waals surface area contributed by atoms with Gasteiger partial charge in [0.15, 0.2) is 0 Å². The quantitative estimate of drug-likeness (QED) is 0.773. The van der Waals surface area contributed by atoms with Crippen LogP contribution in [0.15, 0.2) is 30.3 Å². The van der Waals surface area contributed by atoms with E-state index in [-0.39, 0.29) is 0 Å². The van der Waals surface area contributed by atoms with E-state index in [1.54, 1.807) is 0 Å². The van der Waals surface area contributed by atoms with Crippen molar-refractivity contribution in [1.82, 2.24) is 9.80 Å². The van der Waals surface area contributed by atoms with Crippen molar-refractivity contribution >= 4 is 0 Å². The zero-order chi connectivity index (χ0) is 13.5. The summed E-state index contributed by atoms with van der Waals surface area (Å²) in [5, 5.41) is 0. The van der Waals surface area contributed by atoms with Crippen LogP contribution in [0.5, 0.6) is 0 Å². The molecule has 1 aromatic rings. The molecule has 1 fully saturated rings. The SMILES string of the molecule is CCC[C@H](CC)N1CCN(Cc2ccccc2)CC1. The van der Waals surface area contributed by atoms with Gasteiger partial charge in [-0.1, -0.05) is 50.6 Å². The van der Waals surface area contributed by atoms with E-state index < -0.39 is 0 Å². The Morgan fingerprint density at radius 2 is 1.68 bits per heavy atom. The number of benzene rings is 1. The fraction of sp³-hybridized carbons (Fsp3) is 0.647. The Morgan fingerprint density at radius 1 is 1.00 bits per heavy atom. The molecule has 1 aliphatic heterocycles. The molecule has 2 heteroatoms. The van der Waals surface area contributed by atoms with Crippen LogP contribution in [0, 0.1) is 0 Å². The summed E-state index contributed by atoms with van der Waals surface area (Å²) in [6, 6.07) is 11.7. The molecule has 0 aromatic heterocycles. The monoisotopic (exact) mass is 260 g/mol. The van der Waals surface area contributed by atoms with E-state index >= 15 is 0 Å². The molecule has 2 nitrogen and oxygen atoms in total. The van der Waals surface area contributed by atoms with Crippen LogP contribution in [0.1, 0.15) is 38.7 Å². The minimum Gasteiger partial charge on any atom is -0.298 e. The Kier molecular flexibility index (Phi) is 5.87. The zero-order valence-electron chi connectivity index (χ0n) is 12.5. The Labute approximate surface area is 118 Å². The molecule has 19 heavy (non-hydrogen) atoms. The molecule has 106 valence electrons. The predicted octanol–water partition coefficient (Wildman–Crippen LogP) is 3.38. The van der Waals surface area contributed by atoms with Crippen LogP contribution in [0.3, 0.4) is 0 Å². The highest BCUT2D eigenvalue weighted by molar-refractivity contribution is 5.14. The predicted molar refractivity (Wildman–Crippen MR) is 82.3 cm³/mol. The van der Waals surface area contributed by atoms with Crippen LogP contribution in [0.2, 0.25) is 0 Å². The topological polar surface area (TPSA) is 6.48 Å². The van der Waals surface area contributed by atoms with Gasteiger partial charge in [-0.05, 0) is 18.4 Å². The van der Waals surface area contributed by atoms with Gasteiger partial charge in [-0.25, -0.2) is 0 Å². The second-order valence-corrected chi connectivity index (χ2v) is 5.65. The average Bonchev–Trinajstić information content (AvgIpc) is 2.47. The molecule has 1 aromatic carbocycles. The van der Waals surface area contributed by atoms with Crippen LogP contribution in [0.25, 0.3) is 0 Å². The van der Waals surface area contributed by atoms with Crippen molar-refractivity contribution in [3.05, 3.63) is 35.9 Å². The first-order valence-electron chi connectivity index (χ1n) is 7.83. The number of hydrogen-bond donors (Lipinski definition) is 0. The van der Waals surface area contributed by atoms with E-state index in [2.05, 4.69) is 54.0 Å². The molecule has 1 aliphatic rings. The van der Waals surface area contributed by atoms with Gasteiger partial charge < -0.3 is 0 Å². The van der Waals surface area contributed by atoms with Gasteiger partial charge in [0, 0.05) is 38.8 Å². The van der Waals surface area contributed by atoms with Crippen LogP contribution >= 0.6 is 0 Å². The Hall–Kier alpha value is -0.860. The van der Waals surface area contributed by atoms with Crippen LogP contribution in [0.4, 0.5) is 0 Å². The summed E-state index contributed by atoms with van der Waals surface area (Å²) in [7, 11) is 0. The van der Waals surface area contributed by atoms with Gasteiger partial charge in [0.2, 0.25) is 0 Å². The lowest BCUT2D eigenvalue weighted by atomic mass is 10.1. The molecule has 0 N–H and O–H groups in total. The summed E-state index contributed by atoms with van der Waals surface area (Å²) in [6.45, 7) is 10.7. The van der Waals surface area contributed by atoms with Crippen LogP contribution < -0.4 is 0 Å². The molecule has 0 saturated carbocycles. The largest absolute Gasteiger partial charge is 0.298 e. The molecule has 0 radical (unpaired) electrons. The fourth-order valence-corrected chi connectivity index (χ4v) is 3.11. The van der Waals surface area contributed by atoms with Crippen molar-refractivity contribution in [1.29, 1.82) is 0 Å². The van der Waals surface area contributed by atoms with Gasteiger partial charge in [-0.2, -0.15) is 0 Å². The molecule has 1 saturated heterocycles. The summed E-state index contributed by atoms with van der Waals surface area (Å²) in [6.07, 6.45) is 3.96. The highest BCUT2D eigenvalue weighted by Crippen LogP contribution is 2.15. The zero-order valence-corrected chi connectivity index (χ0v) is 12.5. The number of rotatable bonds is 6. The first kappa shape index (κ1) is 14.5. The lowest BCUT2D eigenvalue weighted by Crippen LogP contribution is -2.49. The van der Waals surface area contributed by atoms with E-state index in [9.17, 15) is 0 Å². The summed E-state index contributed by atoms with van der Waals surface area (Å²) >= 11 is 0. The molecule has 1 heterocycles. The van der Waals surface area contributed by atoms with Gasteiger partial charge in [0.05, 0.1) is 0 Å². The van der Waals surface area contributed by atoms with Crippen molar-refractivity contribution in [2.45, 2.75) is 45.7 Å². The number of hydrogen-bond acceptors (Lipinski definition) is 2. The lowest BCUT2D eigenvalue weighted by Gasteiger charge is -2.39. The molecule has 0 bridgehead atoms. The third-order valence-electron chi connectivity index (χ3n) is 4.27.